The molecule has 126 valence electrons. The van der Waals surface area contributed by atoms with Gasteiger partial charge in [-0.1, -0.05) is 12.1 Å². The fourth-order valence-corrected chi connectivity index (χ4v) is 1.74. The monoisotopic (exact) mass is 323 g/mol. The van der Waals surface area contributed by atoms with E-state index in [-0.39, 0.29) is 12.4 Å². The van der Waals surface area contributed by atoms with Crippen LogP contribution in [0, 0.1) is 5.41 Å². The SMILES string of the molecule is COc1cc(C(=N)N)ccc1CN(C(=O)O)C(=O)OC(C)(C)C. The van der Waals surface area contributed by atoms with E-state index in [9.17, 15) is 14.7 Å². The summed E-state index contributed by atoms with van der Waals surface area (Å²) in [7, 11) is 1.40. The van der Waals surface area contributed by atoms with Gasteiger partial charge < -0.3 is 20.3 Å². The van der Waals surface area contributed by atoms with Gasteiger partial charge in [0.15, 0.2) is 0 Å². The molecule has 0 aliphatic heterocycles. The number of nitrogens with zero attached hydrogens (tertiary/aromatic N) is 1. The van der Waals surface area contributed by atoms with Gasteiger partial charge in [-0.15, -0.1) is 0 Å². The minimum absolute atomic E-state index is 0.142. The maximum atomic E-state index is 12.0. The second kappa shape index (κ2) is 6.99. The number of benzene rings is 1. The van der Waals surface area contributed by atoms with Crippen molar-refractivity contribution in [3.8, 4) is 5.75 Å². The molecule has 0 atom stereocenters. The van der Waals surface area contributed by atoms with Crippen molar-refractivity contribution in [3.05, 3.63) is 29.3 Å². The van der Waals surface area contributed by atoms with Crippen molar-refractivity contribution in [2.45, 2.75) is 32.9 Å². The number of rotatable bonds is 4. The first-order valence-corrected chi connectivity index (χ1v) is 6.80. The highest BCUT2D eigenvalue weighted by molar-refractivity contribution is 5.95. The maximum Gasteiger partial charge on any atom is 0.420 e. The molecule has 0 aromatic heterocycles. The van der Waals surface area contributed by atoms with Crippen LogP contribution >= 0.6 is 0 Å². The average molecular weight is 323 g/mol. The summed E-state index contributed by atoms with van der Waals surface area (Å²) in [5, 5.41) is 16.6. The molecule has 0 saturated heterocycles. The van der Waals surface area contributed by atoms with E-state index in [0.29, 0.717) is 21.8 Å². The number of nitrogens with two attached hydrogens (primary N) is 1. The van der Waals surface area contributed by atoms with Crippen LogP contribution in [0.4, 0.5) is 9.59 Å². The summed E-state index contributed by atoms with van der Waals surface area (Å²) >= 11 is 0. The third-order valence-corrected chi connectivity index (χ3v) is 2.77. The summed E-state index contributed by atoms with van der Waals surface area (Å²) in [6, 6.07) is 4.61. The quantitative estimate of drug-likeness (QED) is 0.577. The van der Waals surface area contributed by atoms with Gasteiger partial charge in [0.25, 0.3) is 0 Å². The highest BCUT2D eigenvalue weighted by Crippen LogP contribution is 2.23. The van der Waals surface area contributed by atoms with Gasteiger partial charge in [0.1, 0.15) is 17.2 Å². The zero-order valence-corrected chi connectivity index (χ0v) is 13.5. The summed E-state index contributed by atoms with van der Waals surface area (Å²) in [5.41, 5.74) is 5.48. The largest absolute Gasteiger partial charge is 0.496 e. The van der Waals surface area contributed by atoms with E-state index in [0.717, 1.165) is 0 Å². The normalized spacial score (nSPS) is 10.8. The van der Waals surface area contributed by atoms with E-state index < -0.39 is 17.8 Å². The Bertz CT molecular complexity index is 622. The van der Waals surface area contributed by atoms with E-state index in [1.165, 1.54) is 13.2 Å². The van der Waals surface area contributed by atoms with Crippen molar-refractivity contribution in [3.63, 3.8) is 0 Å². The first kappa shape index (κ1) is 18.3. The van der Waals surface area contributed by atoms with Gasteiger partial charge >= 0.3 is 12.2 Å². The Labute approximate surface area is 134 Å². The molecule has 0 saturated carbocycles. The van der Waals surface area contributed by atoms with Gasteiger partial charge in [-0.3, -0.25) is 5.41 Å². The molecule has 23 heavy (non-hydrogen) atoms. The summed E-state index contributed by atoms with van der Waals surface area (Å²) in [6.07, 6.45) is -2.40. The van der Waals surface area contributed by atoms with Crippen molar-refractivity contribution in [2.24, 2.45) is 5.73 Å². The summed E-state index contributed by atoms with van der Waals surface area (Å²) in [6.45, 7) is 4.69. The average Bonchev–Trinajstić information content (AvgIpc) is 2.42. The minimum atomic E-state index is -1.43. The molecule has 0 bridgehead atoms. The number of nitrogens with one attached hydrogen (secondary N) is 1. The topological polar surface area (TPSA) is 126 Å². The number of carboxylic acid groups (broad SMARTS) is 1. The zero-order chi connectivity index (χ0) is 17.8. The van der Waals surface area contributed by atoms with Gasteiger partial charge in [-0.25, -0.2) is 14.5 Å². The molecule has 1 aromatic carbocycles. The first-order chi connectivity index (χ1) is 10.5. The number of hydrogen-bond acceptors (Lipinski definition) is 5. The molecule has 4 N–H and O–H groups in total. The van der Waals surface area contributed by atoms with Crippen LogP contribution in [0.2, 0.25) is 0 Å². The lowest BCUT2D eigenvalue weighted by Gasteiger charge is -2.25. The lowest BCUT2D eigenvalue weighted by Crippen LogP contribution is -2.39. The molecule has 0 spiro atoms. The third kappa shape index (κ3) is 5.17. The molecule has 8 nitrogen and oxygen atoms in total. The number of amidine groups is 1. The van der Waals surface area contributed by atoms with Crippen LogP contribution in [-0.4, -0.2) is 40.7 Å². The summed E-state index contributed by atoms with van der Waals surface area (Å²) in [4.78, 5) is 23.9. The van der Waals surface area contributed by atoms with E-state index in [1.54, 1.807) is 32.9 Å². The number of hydrogen-bond donors (Lipinski definition) is 3. The molecule has 0 fully saturated rings. The summed E-state index contributed by atoms with van der Waals surface area (Å²) < 4.78 is 10.3. The van der Waals surface area contributed by atoms with Crippen LogP contribution in [0.25, 0.3) is 0 Å². The number of carbonyl (C=O) groups is 2. The molecule has 2 amide bonds. The number of nitrogen functional groups attached to an aromatic ring is 1. The van der Waals surface area contributed by atoms with Crippen molar-refractivity contribution < 1.29 is 24.2 Å². The fraction of sp³-hybridized carbons (Fsp3) is 0.400. The number of imide groups is 1. The third-order valence-electron chi connectivity index (χ3n) is 2.77. The molecule has 0 radical (unpaired) electrons. The number of methoxy groups -OCH3 is 1. The van der Waals surface area contributed by atoms with Crippen LogP contribution in [0.1, 0.15) is 31.9 Å². The van der Waals surface area contributed by atoms with Crippen LogP contribution in [0.3, 0.4) is 0 Å². The fourth-order valence-electron chi connectivity index (χ4n) is 1.74. The Morgan fingerprint density at radius 2 is 1.96 bits per heavy atom. The van der Waals surface area contributed by atoms with Crippen molar-refractivity contribution in [2.75, 3.05) is 7.11 Å². The Hall–Kier alpha value is -2.77. The number of carbonyl (C=O) groups excluding carboxylic acids is 1. The van der Waals surface area contributed by atoms with Crippen LogP contribution in [0.15, 0.2) is 18.2 Å². The van der Waals surface area contributed by atoms with Gasteiger partial charge in [-0.05, 0) is 26.8 Å². The Morgan fingerprint density at radius 1 is 1.35 bits per heavy atom. The Morgan fingerprint density at radius 3 is 2.39 bits per heavy atom. The molecular weight excluding hydrogens is 302 g/mol. The molecule has 8 heteroatoms. The first-order valence-electron chi connectivity index (χ1n) is 6.80. The molecule has 0 aliphatic carbocycles. The van der Waals surface area contributed by atoms with E-state index in [1.807, 2.05) is 0 Å². The molecule has 0 heterocycles. The van der Waals surface area contributed by atoms with Gasteiger partial charge in [0, 0.05) is 11.1 Å². The predicted octanol–water partition coefficient (Wildman–Crippen LogP) is 2.39. The number of ether oxygens (including phenoxy) is 2. The predicted molar refractivity (Wildman–Crippen MR) is 83.8 cm³/mol. The standard InChI is InChI=1S/C15H21N3O5/c1-15(2,3)23-14(21)18(13(19)20)8-10-6-5-9(12(16)17)7-11(10)22-4/h5-7H,8H2,1-4H3,(H3,16,17)(H,19,20). The lowest BCUT2D eigenvalue weighted by atomic mass is 10.1. The smallest absolute Gasteiger partial charge is 0.420 e. The van der Waals surface area contributed by atoms with Crippen molar-refractivity contribution in [1.82, 2.24) is 4.90 Å². The van der Waals surface area contributed by atoms with Crippen LogP contribution in [0.5, 0.6) is 5.75 Å². The molecule has 1 aromatic rings. The van der Waals surface area contributed by atoms with E-state index in [2.05, 4.69) is 0 Å². The van der Waals surface area contributed by atoms with E-state index >= 15 is 0 Å². The Kier molecular flexibility index (Phi) is 5.56. The second-order valence-electron chi connectivity index (χ2n) is 5.79. The van der Waals surface area contributed by atoms with Crippen LogP contribution in [-0.2, 0) is 11.3 Å². The molecule has 0 unspecified atom stereocenters. The Balaban J connectivity index is 3.08. The highest BCUT2D eigenvalue weighted by Gasteiger charge is 2.28. The van der Waals surface area contributed by atoms with Crippen LogP contribution < -0.4 is 10.5 Å². The lowest BCUT2D eigenvalue weighted by molar-refractivity contribution is 0.0254. The van der Waals surface area contributed by atoms with Crippen molar-refractivity contribution in [1.29, 1.82) is 5.41 Å². The van der Waals surface area contributed by atoms with Crippen molar-refractivity contribution >= 4 is 18.0 Å². The number of amides is 2. The zero-order valence-electron chi connectivity index (χ0n) is 13.5. The maximum absolute atomic E-state index is 12.0. The van der Waals surface area contributed by atoms with E-state index in [4.69, 9.17) is 20.6 Å². The van der Waals surface area contributed by atoms with Gasteiger partial charge in [0.05, 0.1) is 13.7 Å². The molecule has 1 rings (SSSR count). The van der Waals surface area contributed by atoms with Gasteiger partial charge in [-0.2, -0.15) is 0 Å². The minimum Gasteiger partial charge on any atom is -0.496 e. The molecular formula is C15H21N3O5. The highest BCUT2D eigenvalue weighted by atomic mass is 16.6. The second-order valence-corrected chi connectivity index (χ2v) is 5.79. The van der Waals surface area contributed by atoms with Gasteiger partial charge in [0.2, 0.25) is 0 Å². The summed E-state index contributed by atoms with van der Waals surface area (Å²) in [5.74, 6) is 0.185. The molecule has 0 aliphatic rings.